The van der Waals surface area contributed by atoms with Crippen molar-refractivity contribution in [1.29, 1.82) is 0 Å². The summed E-state index contributed by atoms with van der Waals surface area (Å²) in [6.07, 6.45) is 4.73. The third-order valence-corrected chi connectivity index (χ3v) is 8.10. The summed E-state index contributed by atoms with van der Waals surface area (Å²) in [6, 6.07) is 3.36. The molecule has 0 aliphatic carbocycles. The van der Waals surface area contributed by atoms with Gasteiger partial charge in [0.05, 0.1) is 17.5 Å². The fraction of sp³-hybridized carbons (Fsp3) is 0.500. The van der Waals surface area contributed by atoms with Crippen LogP contribution in [-0.4, -0.2) is 59.5 Å². The van der Waals surface area contributed by atoms with E-state index in [9.17, 15) is 13.2 Å². The lowest BCUT2D eigenvalue weighted by atomic mass is 10.1. The molecule has 2 aliphatic rings. The maximum atomic E-state index is 12.8. The average molecular weight is 380 g/mol. The van der Waals surface area contributed by atoms with Crippen LogP contribution in [0.2, 0.25) is 0 Å². The van der Waals surface area contributed by atoms with Crippen LogP contribution in [0.15, 0.2) is 27.9 Å². The highest BCUT2D eigenvalue weighted by Crippen LogP contribution is 2.24. The molecule has 134 valence electrons. The number of amides is 1. The summed E-state index contributed by atoms with van der Waals surface area (Å²) >= 11 is 1.22. The molecule has 1 fully saturated rings. The predicted octanol–water partition coefficient (Wildman–Crippen LogP) is 1.43. The number of thiophene rings is 1. The number of carbonyl (C=O) groups is 1. The lowest BCUT2D eigenvalue weighted by Crippen LogP contribution is -2.50. The Hall–Kier alpha value is -1.71. The topological polar surface area (TPSA) is 75.5 Å². The monoisotopic (exact) mass is 380 g/mol. The first-order valence-corrected chi connectivity index (χ1v) is 10.8. The number of fused-ring (bicyclic) bond motifs is 1. The number of hydrogen-bond acceptors (Lipinski definition) is 5. The molecule has 4 rings (SSSR count). The third-order valence-electron chi connectivity index (χ3n) is 4.83. The number of rotatable bonds is 3. The van der Waals surface area contributed by atoms with E-state index in [-0.39, 0.29) is 5.91 Å². The highest BCUT2D eigenvalue weighted by Gasteiger charge is 2.32. The molecule has 0 bridgehead atoms. The molecule has 0 radical (unpaired) electrons. The van der Waals surface area contributed by atoms with Gasteiger partial charge in [0, 0.05) is 32.7 Å². The Balaban J connectivity index is 1.45. The maximum absolute atomic E-state index is 12.8. The summed E-state index contributed by atoms with van der Waals surface area (Å²) in [5, 5.41) is 6.08. The van der Waals surface area contributed by atoms with E-state index < -0.39 is 10.0 Å². The summed E-state index contributed by atoms with van der Waals surface area (Å²) in [7, 11) is -3.44. The van der Waals surface area contributed by atoms with Gasteiger partial charge in [0.25, 0.3) is 15.9 Å². The van der Waals surface area contributed by atoms with Crippen LogP contribution in [-0.2, 0) is 23.0 Å². The summed E-state index contributed by atoms with van der Waals surface area (Å²) in [5.41, 5.74) is 1.69. The van der Waals surface area contributed by atoms with E-state index in [0.29, 0.717) is 36.0 Å². The fourth-order valence-corrected chi connectivity index (χ4v) is 6.01. The molecule has 1 amide bonds. The van der Waals surface area contributed by atoms with E-state index in [1.54, 1.807) is 28.6 Å². The normalized spacial score (nSPS) is 19.0. The van der Waals surface area contributed by atoms with E-state index in [4.69, 9.17) is 0 Å². The molecule has 0 aromatic carbocycles. The molecule has 2 aliphatic heterocycles. The van der Waals surface area contributed by atoms with Crippen molar-refractivity contribution in [1.82, 2.24) is 19.0 Å². The Morgan fingerprint density at radius 2 is 1.92 bits per heavy atom. The molecule has 0 saturated carbocycles. The highest BCUT2D eigenvalue weighted by molar-refractivity contribution is 7.91. The molecular formula is C16H20N4O3S2. The van der Waals surface area contributed by atoms with Gasteiger partial charge in [0.1, 0.15) is 4.21 Å². The second-order valence-corrected chi connectivity index (χ2v) is 9.43. The second-order valence-electron chi connectivity index (χ2n) is 6.31. The minimum atomic E-state index is -3.44. The molecule has 2 aromatic heterocycles. The zero-order valence-corrected chi connectivity index (χ0v) is 15.4. The molecule has 0 unspecified atom stereocenters. The van der Waals surface area contributed by atoms with Crippen LogP contribution in [0.4, 0.5) is 0 Å². The number of aromatic nitrogens is 2. The SMILES string of the molecule is O=C(c1cnn2c1CCCC2)N1CCN(S(=O)(=O)c2cccs2)CC1. The largest absolute Gasteiger partial charge is 0.336 e. The highest BCUT2D eigenvalue weighted by atomic mass is 32.2. The molecule has 1 saturated heterocycles. The molecule has 0 atom stereocenters. The van der Waals surface area contributed by atoms with Crippen LogP contribution in [0.25, 0.3) is 0 Å². The van der Waals surface area contributed by atoms with Gasteiger partial charge in [-0.15, -0.1) is 11.3 Å². The number of piperazine rings is 1. The summed E-state index contributed by atoms with van der Waals surface area (Å²) < 4.78 is 28.9. The van der Waals surface area contributed by atoms with E-state index >= 15 is 0 Å². The fourth-order valence-electron chi connectivity index (χ4n) is 3.44. The van der Waals surface area contributed by atoms with Crippen molar-refractivity contribution >= 4 is 27.3 Å². The van der Waals surface area contributed by atoms with Gasteiger partial charge < -0.3 is 4.90 Å². The van der Waals surface area contributed by atoms with Crippen molar-refractivity contribution < 1.29 is 13.2 Å². The summed E-state index contributed by atoms with van der Waals surface area (Å²) in [5.74, 6) is -0.0312. The predicted molar refractivity (Wildman–Crippen MR) is 94.1 cm³/mol. The first-order valence-electron chi connectivity index (χ1n) is 8.45. The molecule has 0 spiro atoms. The number of hydrogen-bond donors (Lipinski definition) is 0. The van der Waals surface area contributed by atoms with Crippen LogP contribution in [0, 0.1) is 0 Å². The van der Waals surface area contributed by atoms with E-state index in [0.717, 1.165) is 31.5 Å². The van der Waals surface area contributed by atoms with E-state index in [1.165, 1.54) is 15.6 Å². The van der Waals surface area contributed by atoms with Gasteiger partial charge in [-0.2, -0.15) is 9.40 Å². The van der Waals surface area contributed by atoms with Gasteiger partial charge in [-0.05, 0) is 30.7 Å². The van der Waals surface area contributed by atoms with Gasteiger partial charge in [0.2, 0.25) is 0 Å². The Morgan fingerprint density at radius 3 is 2.64 bits per heavy atom. The van der Waals surface area contributed by atoms with Crippen molar-refractivity contribution in [3.05, 3.63) is 35.0 Å². The molecule has 25 heavy (non-hydrogen) atoms. The van der Waals surface area contributed by atoms with Gasteiger partial charge >= 0.3 is 0 Å². The van der Waals surface area contributed by atoms with Gasteiger partial charge in [-0.1, -0.05) is 6.07 Å². The van der Waals surface area contributed by atoms with Gasteiger partial charge in [-0.3, -0.25) is 9.48 Å². The average Bonchev–Trinajstić information content (AvgIpc) is 3.31. The molecule has 9 heteroatoms. The molecule has 4 heterocycles. The van der Waals surface area contributed by atoms with Crippen LogP contribution in [0.3, 0.4) is 0 Å². The van der Waals surface area contributed by atoms with Crippen LogP contribution in [0.5, 0.6) is 0 Å². The van der Waals surface area contributed by atoms with Crippen molar-refractivity contribution in [2.45, 2.75) is 30.0 Å². The van der Waals surface area contributed by atoms with Crippen molar-refractivity contribution in [2.75, 3.05) is 26.2 Å². The zero-order valence-electron chi connectivity index (χ0n) is 13.8. The second kappa shape index (κ2) is 6.54. The zero-order chi connectivity index (χ0) is 17.4. The van der Waals surface area contributed by atoms with Crippen LogP contribution in [0.1, 0.15) is 28.9 Å². The van der Waals surface area contributed by atoms with E-state index in [2.05, 4.69) is 5.10 Å². The minimum absolute atomic E-state index is 0.0312. The minimum Gasteiger partial charge on any atom is -0.336 e. The number of nitrogens with zero attached hydrogens (tertiary/aromatic N) is 4. The summed E-state index contributed by atoms with van der Waals surface area (Å²) in [4.78, 5) is 14.6. The van der Waals surface area contributed by atoms with Crippen LogP contribution >= 0.6 is 11.3 Å². The Bertz CT molecular complexity index is 865. The molecule has 0 N–H and O–H groups in total. The first kappa shape index (κ1) is 16.7. The quantitative estimate of drug-likeness (QED) is 0.807. The number of sulfonamides is 1. The third kappa shape index (κ3) is 3.00. The Morgan fingerprint density at radius 1 is 1.12 bits per heavy atom. The number of aryl methyl sites for hydroxylation is 1. The van der Waals surface area contributed by atoms with Crippen molar-refractivity contribution in [3.63, 3.8) is 0 Å². The smallest absolute Gasteiger partial charge is 0.257 e. The standard InChI is InChI=1S/C16H20N4O3S2/c21-16(13-12-17-20-6-2-1-4-14(13)20)18-7-9-19(10-8-18)25(22,23)15-5-3-11-24-15/h3,5,11-12H,1-2,4,6-10H2. The number of carbonyl (C=O) groups excluding carboxylic acids is 1. The maximum Gasteiger partial charge on any atom is 0.257 e. The van der Waals surface area contributed by atoms with Crippen molar-refractivity contribution in [2.24, 2.45) is 0 Å². The lowest BCUT2D eigenvalue weighted by molar-refractivity contribution is 0.0696. The van der Waals surface area contributed by atoms with Gasteiger partial charge in [-0.25, -0.2) is 8.42 Å². The molecular weight excluding hydrogens is 360 g/mol. The van der Waals surface area contributed by atoms with Crippen molar-refractivity contribution in [3.8, 4) is 0 Å². The summed E-state index contributed by atoms with van der Waals surface area (Å²) in [6.45, 7) is 2.35. The molecule has 2 aromatic rings. The molecule has 7 nitrogen and oxygen atoms in total. The van der Waals surface area contributed by atoms with Gasteiger partial charge in [0.15, 0.2) is 0 Å². The van der Waals surface area contributed by atoms with E-state index in [1.807, 2.05) is 4.68 Å². The lowest BCUT2D eigenvalue weighted by Gasteiger charge is -2.33. The Labute approximate surface area is 150 Å². The van der Waals surface area contributed by atoms with Crippen LogP contribution < -0.4 is 0 Å². The Kier molecular flexibility index (Phi) is 4.38. The first-order chi connectivity index (χ1) is 12.1.